The minimum absolute atomic E-state index is 0.229. The van der Waals surface area contributed by atoms with Crippen molar-refractivity contribution < 1.29 is 8.81 Å². The summed E-state index contributed by atoms with van der Waals surface area (Å²) in [6.45, 7) is 0. The van der Waals surface area contributed by atoms with Gasteiger partial charge >= 0.3 is 0 Å². The third-order valence-corrected chi connectivity index (χ3v) is 3.26. The van der Waals surface area contributed by atoms with Crippen LogP contribution >= 0.6 is 0 Å². The van der Waals surface area contributed by atoms with Crippen LogP contribution in [-0.4, -0.2) is 0 Å². The number of rotatable bonds is 3. The van der Waals surface area contributed by atoms with E-state index in [4.69, 9.17) is 4.42 Å². The van der Waals surface area contributed by atoms with E-state index in [1.165, 1.54) is 6.07 Å². The Labute approximate surface area is 127 Å². The van der Waals surface area contributed by atoms with Crippen LogP contribution in [0.5, 0.6) is 0 Å². The zero-order valence-electron chi connectivity index (χ0n) is 11.7. The van der Waals surface area contributed by atoms with E-state index in [-0.39, 0.29) is 11.1 Å². The standard InChI is InChI=1S/C19H12FNO/c20-18-9-5-4-8-17(18)15(13-21)12-16-10-11-19(22-16)14-6-2-1-3-7-14/h1-12H. The lowest BCUT2D eigenvalue weighted by atomic mass is 10.1. The highest BCUT2D eigenvalue weighted by atomic mass is 19.1. The summed E-state index contributed by atoms with van der Waals surface area (Å²) in [6, 6.07) is 21.5. The molecular weight excluding hydrogens is 277 g/mol. The predicted molar refractivity (Wildman–Crippen MR) is 84.0 cm³/mol. The summed E-state index contributed by atoms with van der Waals surface area (Å²) in [4.78, 5) is 0. The molecule has 3 aromatic rings. The van der Waals surface area contributed by atoms with Crippen LogP contribution in [-0.2, 0) is 0 Å². The molecular formula is C19H12FNO. The highest BCUT2D eigenvalue weighted by Gasteiger charge is 2.09. The summed E-state index contributed by atoms with van der Waals surface area (Å²) >= 11 is 0. The molecule has 0 aliphatic rings. The first-order valence-corrected chi connectivity index (χ1v) is 6.80. The highest BCUT2D eigenvalue weighted by molar-refractivity contribution is 5.89. The van der Waals surface area contributed by atoms with Gasteiger partial charge < -0.3 is 4.42 Å². The van der Waals surface area contributed by atoms with E-state index in [2.05, 4.69) is 0 Å². The number of nitrogens with zero attached hydrogens (tertiary/aromatic N) is 1. The van der Waals surface area contributed by atoms with E-state index in [9.17, 15) is 9.65 Å². The molecule has 22 heavy (non-hydrogen) atoms. The molecule has 0 radical (unpaired) electrons. The summed E-state index contributed by atoms with van der Waals surface area (Å²) < 4.78 is 19.5. The van der Waals surface area contributed by atoms with Gasteiger partial charge in [0, 0.05) is 11.1 Å². The van der Waals surface area contributed by atoms with Crippen LogP contribution in [0.3, 0.4) is 0 Å². The molecule has 3 rings (SSSR count). The maximum Gasteiger partial charge on any atom is 0.134 e. The quantitative estimate of drug-likeness (QED) is 0.625. The summed E-state index contributed by atoms with van der Waals surface area (Å²) in [5.74, 6) is 0.793. The van der Waals surface area contributed by atoms with Gasteiger partial charge in [-0.05, 0) is 24.3 Å². The summed E-state index contributed by atoms with van der Waals surface area (Å²) in [5.41, 5.74) is 1.45. The van der Waals surface area contributed by atoms with Crippen molar-refractivity contribution in [2.45, 2.75) is 0 Å². The van der Waals surface area contributed by atoms with Crippen LogP contribution in [0.15, 0.2) is 71.1 Å². The molecule has 3 heteroatoms. The van der Waals surface area contributed by atoms with Gasteiger partial charge in [-0.1, -0.05) is 48.5 Å². The molecule has 0 aliphatic carbocycles. The average molecular weight is 289 g/mol. The predicted octanol–water partition coefficient (Wildman–Crippen LogP) is 5.15. The number of furan rings is 1. The first-order valence-electron chi connectivity index (χ1n) is 6.80. The van der Waals surface area contributed by atoms with Crippen LogP contribution in [0.2, 0.25) is 0 Å². The second-order valence-electron chi connectivity index (χ2n) is 4.72. The molecule has 0 fully saturated rings. The lowest BCUT2D eigenvalue weighted by Gasteiger charge is -2.00. The van der Waals surface area contributed by atoms with Crippen molar-refractivity contribution in [2.75, 3.05) is 0 Å². The molecule has 0 amide bonds. The zero-order chi connectivity index (χ0) is 15.4. The van der Waals surface area contributed by atoms with Gasteiger partial charge in [-0.15, -0.1) is 0 Å². The first-order chi connectivity index (χ1) is 10.8. The normalized spacial score (nSPS) is 11.2. The molecule has 0 saturated heterocycles. The average Bonchev–Trinajstić information content (AvgIpc) is 3.03. The fourth-order valence-electron chi connectivity index (χ4n) is 2.18. The van der Waals surface area contributed by atoms with Gasteiger partial charge in [0.1, 0.15) is 17.3 Å². The second kappa shape index (κ2) is 6.11. The third-order valence-electron chi connectivity index (χ3n) is 3.26. The molecule has 2 aromatic carbocycles. The van der Waals surface area contributed by atoms with Crippen LogP contribution < -0.4 is 0 Å². The van der Waals surface area contributed by atoms with Crippen LogP contribution in [0.1, 0.15) is 11.3 Å². The van der Waals surface area contributed by atoms with E-state index in [0.717, 1.165) is 5.56 Å². The fourth-order valence-corrected chi connectivity index (χ4v) is 2.18. The van der Waals surface area contributed by atoms with Gasteiger partial charge in [-0.2, -0.15) is 5.26 Å². The smallest absolute Gasteiger partial charge is 0.134 e. The van der Waals surface area contributed by atoms with Crippen LogP contribution in [0.4, 0.5) is 4.39 Å². The number of nitriles is 1. The Morgan fingerprint density at radius 2 is 1.68 bits per heavy atom. The van der Waals surface area contributed by atoms with Crippen LogP contribution in [0, 0.1) is 17.1 Å². The summed E-state index contributed by atoms with van der Waals surface area (Å²) in [5, 5.41) is 9.26. The maximum atomic E-state index is 13.8. The van der Waals surface area contributed by atoms with Gasteiger partial charge in [0.15, 0.2) is 0 Å². The lowest BCUT2D eigenvalue weighted by molar-refractivity contribution is 0.572. The Morgan fingerprint density at radius 3 is 2.41 bits per heavy atom. The number of allylic oxidation sites excluding steroid dienone is 1. The molecule has 1 heterocycles. The highest BCUT2D eigenvalue weighted by Crippen LogP contribution is 2.25. The largest absolute Gasteiger partial charge is 0.457 e. The van der Waals surface area contributed by atoms with Crippen molar-refractivity contribution in [1.82, 2.24) is 0 Å². The van der Waals surface area contributed by atoms with E-state index in [1.54, 1.807) is 30.3 Å². The molecule has 0 bridgehead atoms. The molecule has 2 nitrogen and oxygen atoms in total. The summed E-state index contributed by atoms with van der Waals surface area (Å²) in [6.07, 6.45) is 1.55. The minimum Gasteiger partial charge on any atom is -0.457 e. The van der Waals surface area contributed by atoms with Crippen molar-refractivity contribution in [1.29, 1.82) is 5.26 Å². The monoisotopic (exact) mass is 289 g/mol. The Balaban J connectivity index is 1.97. The molecule has 0 unspecified atom stereocenters. The first kappa shape index (κ1) is 13.8. The summed E-state index contributed by atoms with van der Waals surface area (Å²) in [7, 11) is 0. The molecule has 0 N–H and O–H groups in total. The Hall–Kier alpha value is -3.12. The van der Waals surface area contributed by atoms with Crippen molar-refractivity contribution in [2.24, 2.45) is 0 Å². The number of benzene rings is 2. The topological polar surface area (TPSA) is 36.9 Å². The molecule has 0 spiro atoms. The Morgan fingerprint density at radius 1 is 0.955 bits per heavy atom. The van der Waals surface area contributed by atoms with Crippen molar-refractivity contribution in [3.05, 3.63) is 83.9 Å². The number of halogens is 1. The fraction of sp³-hybridized carbons (Fsp3) is 0. The number of hydrogen-bond acceptors (Lipinski definition) is 2. The van der Waals surface area contributed by atoms with E-state index in [0.29, 0.717) is 11.5 Å². The van der Waals surface area contributed by atoms with Crippen molar-refractivity contribution in [3.63, 3.8) is 0 Å². The van der Waals surface area contributed by atoms with E-state index < -0.39 is 5.82 Å². The third kappa shape index (κ3) is 2.82. The van der Waals surface area contributed by atoms with Crippen molar-refractivity contribution in [3.8, 4) is 17.4 Å². The van der Waals surface area contributed by atoms with Gasteiger partial charge in [0.2, 0.25) is 0 Å². The van der Waals surface area contributed by atoms with E-state index >= 15 is 0 Å². The van der Waals surface area contributed by atoms with Gasteiger partial charge in [-0.25, -0.2) is 4.39 Å². The van der Waals surface area contributed by atoms with E-state index in [1.807, 2.05) is 42.5 Å². The molecule has 0 atom stereocenters. The second-order valence-corrected chi connectivity index (χ2v) is 4.72. The molecule has 0 saturated carbocycles. The number of hydrogen-bond donors (Lipinski definition) is 0. The van der Waals surface area contributed by atoms with Gasteiger partial charge in [0.25, 0.3) is 0 Å². The minimum atomic E-state index is -0.426. The van der Waals surface area contributed by atoms with Crippen molar-refractivity contribution >= 4 is 11.6 Å². The lowest BCUT2D eigenvalue weighted by Crippen LogP contribution is -1.86. The molecule has 0 aliphatic heterocycles. The van der Waals surface area contributed by atoms with Crippen LogP contribution in [0.25, 0.3) is 23.0 Å². The van der Waals surface area contributed by atoms with Gasteiger partial charge in [-0.3, -0.25) is 0 Å². The van der Waals surface area contributed by atoms with Gasteiger partial charge in [0.05, 0.1) is 11.6 Å². The molecule has 106 valence electrons. The zero-order valence-corrected chi connectivity index (χ0v) is 11.7. The Bertz CT molecular complexity index is 856. The Kier molecular flexibility index (Phi) is 3.84. The maximum absolute atomic E-state index is 13.8. The molecule has 1 aromatic heterocycles. The SMILES string of the molecule is N#CC(=Cc1ccc(-c2ccccc2)o1)c1ccccc1F.